The third kappa shape index (κ3) is 4.83. The van der Waals surface area contributed by atoms with E-state index in [-0.39, 0.29) is 25.0 Å². The third-order valence-corrected chi connectivity index (χ3v) is 3.64. The highest BCUT2D eigenvalue weighted by Crippen LogP contribution is 2.21. The van der Waals surface area contributed by atoms with Crippen LogP contribution in [0.2, 0.25) is 0 Å². The largest absolute Gasteiger partial charge is 0.491 e. The van der Waals surface area contributed by atoms with Crippen LogP contribution in [0.5, 0.6) is 5.75 Å². The SMILES string of the molecule is CC(C)Oc1ccccc1CC(=O)NCC(C)(O)c1cnn(C)c1. The molecule has 2 N–H and O–H groups in total. The van der Waals surface area contributed by atoms with Crippen LogP contribution in [0.25, 0.3) is 0 Å². The van der Waals surface area contributed by atoms with Crippen molar-refractivity contribution in [1.29, 1.82) is 0 Å². The summed E-state index contributed by atoms with van der Waals surface area (Å²) in [5.74, 6) is 0.542. The number of rotatable bonds is 7. The summed E-state index contributed by atoms with van der Waals surface area (Å²) in [6.45, 7) is 5.66. The Balaban J connectivity index is 1.96. The van der Waals surface area contributed by atoms with Crippen LogP contribution in [0.1, 0.15) is 31.9 Å². The quantitative estimate of drug-likeness (QED) is 0.811. The second-order valence-corrected chi connectivity index (χ2v) is 6.40. The highest BCUT2D eigenvalue weighted by Gasteiger charge is 2.25. The molecule has 6 nitrogen and oxygen atoms in total. The Labute approximate surface area is 142 Å². The maximum atomic E-state index is 12.2. The smallest absolute Gasteiger partial charge is 0.224 e. The molecule has 1 aromatic carbocycles. The molecule has 1 aromatic heterocycles. The molecule has 130 valence electrons. The third-order valence-electron chi connectivity index (χ3n) is 3.64. The van der Waals surface area contributed by atoms with Gasteiger partial charge < -0.3 is 15.2 Å². The highest BCUT2D eigenvalue weighted by molar-refractivity contribution is 5.79. The molecule has 0 fully saturated rings. The number of carbonyl (C=O) groups excluding carboxylic acids is 1. The first-order valence-electron chi connectivity index (χ1n) is 8.00. The number of aryl methyl sites for hydroxylation is 1. The van der Waals surface area contributed by atoms with Crippen molar-refractivity contribution in [2.75, 3.05) is 6.54 Å². The fourth-order valence-corrected chi connectivity index (χ4v) is 2.33. The highest BCUT2D eigenvalue weighted by atomic mass is 16.5. The number of amides is 1. The van der Waals surface area contributed by atoms with Gasteiger partial charge in [-0.15, -0.1) is 0 Å². The number of hydrogen-bond donors (Lipinski definition) is 2. The van der Waals surface area contributed by atoms with E-state index in [0.717, 1.165) is 5.56 Å². The van der Waals surface area contributed by atoms with Crippen molar-refractivity contribution in [2.24, 2.45) is 7.05 Å². The maximum Gasteiger partial charge on any atom is 0.224 e. The van der Waals surface area contributed by atoms with Gasteiger partial charge in [-0.25, -0.2) is 0 Å². The Kier molecular flexibility index (Phi) is 5.62. The fourth-order valence-electron chi connectivity index (χ4n) is 2.33. The van der Waals surface area contributed by atoms with Crippen molar-refractivity contribution >= 4 is 5.91 Å². The summed E-state index contributed by atoms with van der Waals surface area (Å²) in [7, 11) is 1.78. The summed E-state index contributed by atoms with van der Waals surface area (Å²) in [4.78, 5) is 12.2. The zero-order valence-electron chi connectivity index (χ0n) is 14.6. The first-order valence-corrected chi connectivity index (χ1v) is 8.00. The van der Waals surface area contributed by atoms with Crippen molar-refractivity contribution in [3.63, 3.8) is 0 Å². The zero-order valence-corrected chi connectivity index (χ0v) is 14.6. The molecule has 0 aliphatic carbocycles. The molecule has 0 bridgehead atoms. The monoisotopic (exact) mass is 331 g/mol. The van der Waals surface area contributed by atoms with Gasteiger partial charge in [0, 0.05) is 24.4 Å². The van der Waals surface area contributed by atoms with Crippen molar-refractivity contribution in [1.82, 2.24) is 15.1 Å². The van der Waals surface area contributed by atoms with Crippen LogP contribution >= 0.6 is 0 Å². The predicted molar refractivity (Wildman–Crippen MR) is 91.7 cm³/mol. The molecule has 1 atom stereocenters. The number of aliphatic hydroxyl groups is 1. The maximum absolute atomic E-state index is 12.2. The Hall–Kier alpha value is -2.34. The first kappa shape index (κ1) is 18.0. The van der Waals surface area contributed by atoms with Gasteiger partial charge in [-0.2, -0.15) is 5.10 Å². The number of hydrogen-bond acceptors (Lipinski definition) is 4. The molecule has 0 saturated heterocycles. The van der Waals surface area contributed by atoms with E-state index in [4.69, 9.17) is 4.74 Å². The molecule has 0 saturated carbocycles. The molecular formula is C18H25N3O3. The molecule has 0 aliphatic rings. The number of carbonyl (C=O) groups is 1. The number of ether oxygens (including phenoxy) is 1. The zero-order chi connectivity index (χ0) is 17.7. The molecule has 0 radical (unpaired) electrons. The van der Waals surface area contributed by atoms with E-state index in [1.165, 1.54) is 0 Å². The van der Waals surface area contributed by atoms with Crippen LogP contribution in [0, 0.1) is 0 Å². The van der Waals surface area contributed by atoms with Crippen molar-refractivity contribution < 1.29 is 14.6 Å². The van der Waals surface area contributed by atoms with Crippen LogP contribution in [0.3, 0.4) is 0 Å². The van der Waals surface area contributed by atoms with E-state index in [1.54, 1.807) is 31.0 Å². The molecule has 2 aromatic rings. The molecule has 1 amide bonds. The van der Waals surface area contributed by atoms with Crippen molar-refractivity contribution in [3.8, 4) is 5.75 Å². The summed E-state index contributed by atoms with van der Waals surface area (Å²) < 4.78 is 7.34. The van der Waals surface area contributed by atoms with Gasteiger partial charge in [-0.3, -0.25) is 9.48 Å². The topological polar surface area (TPSA) is 76.4 Å². The van der Waals surface area contributed by atoms with Gasteiger partial charge in [0.1, 0.15) is 11.4 Å². The van der Waals surface area contributed by atoms with Crippen LogP contribution in [-0.2, 0) is 23.9 Å². The average Bonchev–Trinajstić information content (AvgIpc) is 2.94. The lowest BCUT2D eigenvalue weighted by molar-refractivity contribution is -0.121. The minimum atomic E-state index is -1.17. The van der Waals surface area contributed by atoms with E-state index in [2.05, 4.69) is 10.4 Å². The molecule has 1 heterocycles. The van der Waals surface area contributed by atoms with Crippen LogP contribution in [0.4, 0.5) is 0 Å². The second-order valence-electron chi connectivity index (χ2n) is 6.40. The fraction of sp³-hybridized carbons (Fsp3) is 0.444. The predicted octanol–water partition coefficient (Wildman–Crippen LogP) is 1.77. The van der Waals surface area contributed by atoms with Gasteiger partial charge in [-0.1, -0.05) is 18.2 Å². The van der Waals surface area contributed by atoms with E-state index >= 15 is 0 Å². The normalized spacial score (nSPS) is 13.6. The Morgan fingerprint density at radius 1 is 1.42 bits per heavy atom. The van der Waals surface area contributed by atoms with Gasteiger partial charge in [0.15, 0.2) is 0 Å². The first-order chi connectivity index (χ1) is 11.3. The number of benzene rings is 1. The van der Waals surface area contributed by atoms with Gasteiger partial charge in [0.05, 0.1) is 25.3 Å². The van der Waals surface area contributed by atoms with Gasteiger partial charge in [0.25, 0.3) is 0 Å². The standard InChI is InChI=1S/C18H25N3O3/c1-13(2)24-16-8-6-5-7-14(16)9-17(22)19-12-18(3,23)15-10-20-21(4)11-15/h5-8,10-11,13,23H,9,12H2,1-4H3,(H,19,22). The van der Waals surface area contributed by atoms with Crippen molar-refractivity contribution in [2.45, 2.75) is 38.9 Å². The Morgan fingerprint density at radius 3 is 2.75 bits per heavy atom. The summed E-state index contributed by atoms with van der Waals surface area (Å²) in [5, 5.41) is 17.3. The van der Waals surface area contributed by atoms with E-state index < -0.39 is 5.60 Å². The number of para-hydroxylation sites is 1. The van der Waals surface area contributed by atoms with Crippen LogP contribution in [-0.4, -0.2) is 33.4 Å². The molecule has 6 heteroatoms. The van der Waals surface area contributed by atoms with E-state index in [1.807, 2.05) is 38.1 Å². The molecular weight excluding hydrogens is 306 g/mol. The number of aromatic nitrogens is 2. The lowest BCUT2D eigenvalue weighted by Crippen LogP contribution is -2.39. The van der Waals surface area contributed by atoms with Gasteiger partial charge in [0.2, 0.25) is 5.91 Å². The Bertz CT molecular complexity index is 692. The number of nitrogens with zero attached hydrogens (tertiary/aromatic N) is 2. The van der Waals surface area contributed by atoms with Crippen LogP contribution in [0.15, 0.2) is 36.7 Å². The lowest BCUT2D eigenvalue weighted by atomic mass is 9.99. The van der Waals surface area contributed by atoms with Gasteiger partial charge >= 0.3 is 0 Å². The second kappa shape index (κ2) is 7.49. The molecule has 0 spiro atoms. The molecule has 2 rings (SSSR count). The minimum Gasteiger partial charge on any atom is -0.491 e. The summed E-state index contributed by atoms with van der Waals surface area (Å²) in [6, 6.07) is 7.48. The van der Waals surface area contributed by atoms with Crippen molar-refractivity contribution in [3.05, 3.63) is 47.8 Å². The minimum absolute atomic E-state index is 0.0422. The molecule has 24 heavy (non-hydrogen) atoms. The summed E-state index contributed by atoms with van der Waals surface area (Å²) in [6.07, 6.45) is 3.57. The molecule has 1 unspecified atom stereocenters. The van der Waals surface area contributed by atoms with E-state index in [9.17, 15) is 9.90 Å². The van der Waals surface area contributed by atoms with Crippen LogP contribution < -0.4 is 10.1 Å². The average molecular weight is 331 g/mol. The summed E-state index contributed by atoms with van der Waals surface area (Å²) >= 11 is 0. The van der Waals surface area contributed by atoms with E-state index in [0.29, 0.717) is 11.3 Å². The number of nitrogens with one attached hydrogen (secondary N) is 1. The lowest BCUT2D eigenvalue weighted by Gasteiger charge is -2.22. The van der Waals surface area contributed by atoms with Gasteiger partial charge in [-0.05, 0) is 26.8 Å². The summed E-state index contributed by atoms with van der Waals surface area (Å²) in [5.41, 5.74) is 0.316. The molecule has 0 aliphatic heterocycles. The Morgan fingerprint density at radius 2 is 2.12 bits per heavy atom.